The molecule has 1 aliphatic heterocycles. The van der Waals surface area contributed by atoms with Crippen molar-refractivity contribution in [1.82, 2.24) is 15.2 Å². The van der Waals surface area contributed by atoms with E-state index in [0.717, 1.165) is 10.2 Å². The number of carboxylic acid groups (broad SMARTS) is 1. The largest absolute Gasteiger partial charge is 0.490 e. The number of likely N-dealkylation sites (tertiary alicyclic amines) is 1. The topological polar surface area (TPSA) is 137 Å². The Morgan fingerprint density at radius 2 is 1.88 bits per heavy atom. The van der Waals surface area contributed by atoms with Gasteiger partial charge in [0.2, 0.25) is 17.6 Å². The lowest BCUT2D eigenvalue weighted by molar-refractivity contribution is -0.192. The molecule has 9 nitrogen and oxygen atoms in total. The molecular formula is C21H24F3N3O6S. The maximum absolute atomic E-state index is 12.9. The number of halogens is 3. The van der Waals surface area contributed by atoms with Crippen LogP contribution in [0.1, 0.15) is 42.9 Å². The first-order valence-corrected chi connectivity index (χ1v) is 11.1. The van der Waals surface area contributed by atoms with E-state index in [1.807, 2.05) is 31.2 Å². The number of thiazole rings is 1. The molecule has 3 N–H and O–H groups in total. The third kappa shape index (κ3) is 6.97. The van der Waals surface area contributed by atoms with Crippen LogP contribution < -0.4 is 5.32 Å². The molecule has 1 unspecified atom stereocenters. The second-order valence-electron chi connectivity index (χ2n) is 7.58. The highest BCUT2D eigenvalue weighted by molar-refractivity contribution is 7.20. The number of rotatable bonds is 6. The standard InChI is InChI=1S/C19H23N3O4S.C2HF3O2/c1-3-6-14(17(25)19-21-13-7-4-5-8-16(13)27-19)20-18(26)15-9-12(24)10-22(15)11(2)23;3-2(4,5)1(6)7/h4-5,7-8,12,14-15,24H,3,6,9-10H2,1-2H3,(H,20,26);(H,6,7)/t12-,14?,15+;/m1./s1. The number of carbonyl (C=O) groups excluding carboxylic acids is 3. The Morgan fingerprint density at radius 1 is 1.26 bits per heavy atom. The van der Waals surface area contributed by atoms with Crippen LogP contribution >= 0.6 is 11.3 Å². The summed E-state index contributed by atoms with van der Waals surface area (Å²) in [5.74, 6) is -3.65. The van der Waals surface area contributed by atoms with Crippen LogP contribution in [-0.4, -0.2) is 74.6 Å². The highest BCUT2D eigenvalue weighted by Crippen LogP contribution is 2.24. The first-order valence-electron chi connectivity index (χ1n) is 10.3. The number of β-amino-alcohol motifs (C(OH)–C–C–N with tert-alkyl or cyclic N) is 1. The molecule has 0 aliphatic carbocycles. The average Bonchev–Trinajstić information content (AvgIpc) is 3.36. The molecule has 186 valence electrons. The fourth-order valence-corrected chi connectivity index (χ4v) is 4.32. The van der Waals surface area contributed by atoms with Gasteiger partial charge in [-0.1, -0.05) is 25.5 Å². The molecule has 2 heterocycles. The first-order chi connectivity index (χ1) is 15.8. The van der Waals surface area contributed by atoms with Crippen molar-refractivity contribution in [3.8, 4) is 0 Å². The fraction of sp³-hybridized carbons (Fsp3) is 0.476. The minimum absolute atomic E-state index is 0.137. The van der Waals surface area contributed by atoms with Crippen molar-refractivity contribution < 1.29 is 42.6 Å². The minimum atomic E-state index is -5.08. The van der Waals surface area contributed by atoms with Gasteiger partial charge >= 0.3 is 12.1 Å². The van der Waals surface area contributed by atoms with Crippen LogP contribution in [0.3, 0.4) is 0 Å². The van der Waals surface area contributed by atoms with Gasteiger partial charge in [0.05, 0.1) is 22.4 Å². The molecule has 0 spiro atoms. The van der Waals surface area contributed by atoms with E-state index in [9.17, 15) is 32.7 Å². The Kier molecular flexibility index (Phi) is 9.10. The van der Waals surface area contributed by atoms with Crippen LogP contribution in [0, 0.1) is 0 Å². The summed E-state index contributed by atoms with van der Waals surface area (Å²) in [4.78, 5) is 52.0. The molecular weight excluding hydrogens is 479 g/mol. The van der Waals surface area contributed by atoms with Crippen molar-refractivity contribution in [3.05, 3.63) is 29.3 Å². The smallest absolute Gasteiger partial charge is 0.475 e. The number of nitrogens with one attached hydrogen (secondary N) is 1. The summed E-state index contributed by atoms with van der Waals surface area (Å²) in [6, 6.07) is 6.06. The van der Waals surface area contributed by atoms with E-state index < -0.39 is 36.2 Å². The Morgan fingerprint density at radius 3 is 2.41 bits per heavy atom. The molecule has 34 heavy (non-hydrogen) atoms. The molecule has 0 radical (unpaired) electrons. The number of fused-ring (bicyclic) bond motifs is 1. The summed E-state index contributed by atoms with van der Waals surface area (Å²) in [5, 5.41) is 20.1. The molecule has 1 fully saturated rings. The first kappa shape index (κ1) is 27.2. The molecule has 0 bridgehead atoms. The SMILES string of the molecule is CCCC(NC(=O)[C@@H]1C[C@@H](O)CN1C(C)=O)C(=O)c1nc2ccccc2s1.O=C(O)C(F)(F)F. The Labute approximate surface area is 196 Å². The molecule has 1 aromatic heterocycles. The lowest BCUT2D eigenvalue weighted by Crippen LogP contribution is -2.50. The summed E-state index contributed by atoms with van der Waals surface area (Å²) < 4.78 is 32.7. The number of amides is 2. The number of aromatic nitrogens is 1. The van der Waals surface area contributed by atoms with Gasteiger partial charge in [-0.25, -0.2) is 9.78 Å². The van der Waals surface area contributed by atoms with Gasteiger partial charge < -0.3 is 20.4 Å². The van der Waals surface area contributed by atoms with Gasteiger partial charge in [-0.15, -0.1) is 11.3 Å². The van der Waals surface area contributed by atoms with Crippen molar-refractivity contribution in [2.24, 2.45) is 0 Å². The Bertz CT molecular complexity index is 1020. The number of carbonyl (C=O) groups is 4. The molecule has 0 saturated carbocycles. The number of carboxylic acids is 1. The minimum Gasteiger partial charge on any atom is -0.475 e. The van der Waals surface area contributed by atoms with Crippen molar-refractivity contribution in [2.75, 3.05) is 6.54 Å². The average molecular weight is 503 g/mol. The number of Topliss-reactive ketones (excluding diaryl/α,β-unsaturated/α-hetero) is 1. The highest BCUT2D eigenvalue weighted by Gasteiger charge is 2.39. The third-order valence-corrected chi connectivity index (χ3v) is 5.99. The summed E-state index contributed by atoms with van der Waals surface area (Å²) >= 11 is 1.31. The lowest BCUT2D eigenvalue weighted by Gasteiger charge is -2.24. The number of aliphatic hydroxyl groups excluding tert-OH is 1. The van der Waals surface area contributed by atoms with Crippen molar-refractivity contribution in [2.45, 2.75) is 57.5 Å². The number of nitrogens with zero attached hydrogens (tertiary/aromatic N) is 2. The van der Waals surface area contributed by atoms with Gasteiger partial charge in [0, 0.05) is 19.9 Å². The predicted octanol–water partition coefficient (Wildman–Crippen LogP) is 2.38. The maximum atomic E-state index is 12.9. The molecule has 3 rings (SSSR count). The molecule has 1 aliphatic rings. The van der Waals surface area contributed by atoms with Crippen molar-refractivity contribution in [1.29, 1.82) is 0 Å². The fourth-order valence-electron chi connectivity index (χ4n) is 3.36. The molecule has 2 amide bonds. The van der Waals surface area contributed by atoms with Gasteiger partial charge in [-0.3, -0.25) is 14.4 Å². The van der Waals surface area contributed by atoms with E-state index in [0.29, 0.717) is 17.8 Å². The monoisotopic (exact) mass is 503 g/mol. The summed E-state index contributed by atoms with van der Waals surface area (Å²) in [6.07, 6.45) is -4.44. The summed E-state index contributed by atoms with van der Waals surface area (Å²) in [6.45, 7) is 3.44. The second-order valence-corrected chi connectivity index (χ2v) is 8.61. The van der Waals surface area contributed by atoms with E-state index in [1.54, 1.807) is 0 Å². The quantitative estimate of drug-likeness (QED) is 0.515. The van der Waals surface area contributed by atoms with Gasteiger partial charge in [0.25, 0.3) is 0 Å². The van der Waals surface area contributed by atoms with Crippen LogP contribution in [0.15, 0.2) is 24.3 Å². The number of hydrogen-bond donors (Lipinski definition) is 3. The number of aliphatic hydroxyl groups is 1. The zero-order valence-corrected chi connectivity index (χ0v) is 19.2. The van der Waals surface area contributed by atoms with E-state index in [2.05, 4.69) is 10.3 Å². The number of para-hydroxylation sites is 1. The zero-order valence-electron chi connectivity index (χ0n) is 18.3. The van der Waals surface area contributed by atoms with E-state index in [-0.39, 0.29) is 24.7 Å². The zero-order chi connectivity index (χ0) is 25.6. The van der Waals surface area contributed by atoms with Crippen LogP contribution in [0.2, 0.25) is 0 Å². The van der Waals surface area contributed by atoms with Gasteiger partial charge in [0.15, 0.2) is 5.01 Å². The summed E-state index contributed by atoms with van der Waals surface area (Å²) in [5.41, 5.74) is 0.758. The van der Waals surface area contributed by atoms with Crippen LogP contribution in [0.5, 0.6) is 0 Å². The second kappa shape index (κ2) is 11.4. The Balaban J connectivity index is 0.000000509. The Hall–Kier alpha value is -3.06. The normalized spacial score (nSPS) is 18.7. The lowest BCUT2D eigenvalue weighted by atomic mass is 10.1. The number of hydrogen-bond acceptors (Lipinski definition) is 7. The van der Waals surface area contributed by atoms with Gasteiger partial charge in [0.1, 0.15) is 6.04 Å². The van der Waals surface area contributed by atoms with Crippen LogP contribution in [-0.2, 0) is 14.4 Å². The molecule has 13 heteroatoms. The molecule has 1 aromatic carbocycles. The maximum Gasteiger partial charge on any atom is 0.490 e. The van der Waals surface area contributed by atoms with E-state index in [1.165, 1.54) is 23.2 Å². The number of alkyl halides is 3. The van der Waals surface area contributed by atoms with Crippen molar-refractivity contribution in [3.63, 3.8) is 0 Å². The number of benzene rings is 1. The van der Waals surface area contributed by atoms with Gasteiger partial charge in [-0.05, 0) is 18.6 Å². The highest BCUT2D eigenvalue weighted by atomic mass is 32.1. The van der Waals surface area contributed by atoms with E-state index in [4.69, 9.17) is 9.90 Å². The molecule has 1 saturated heterocycles. The molecule has 3 atom stereocenters. The predicted molar refractivity (Wildman–Crippen MR) is 116 cm³/mol. The number of ketones is 1. The molecule has 2 aromatic rings. The number of aliphatic carboxylic acids is 1. The summed E-state index contributed by atoms with van der Waals surface area (Å²) in [7, 11) is 0. The van der Waals surface area contributed by atoms with Crippen LogP contribution in [0.4, 0.5) is 13.2 Å². The van der Waals surface area contributed by atoms with Crippen LogP contribution in [0.25, 0.3) is 10.2 Å². The van der Waals surface area contributed by atoms with Gasteiger partial charge in [-0.2, -0.15) is 13.2 Å². The third-order valence-electron chi connectivity index (χ3n) is 4.94. The van der Waals surface area contributed by atoms with Crippen molar-refractivity contribution >= 4 is 45.1 Å². The van der Waals surface area contributed by atoms with E-state index >= 15 is 0 Å².